The summed E-state index contributed by atoms with van der Waals surface area (Å²) >= 11 is 6.62. The number of aromatic nitrogens is 2. The Bertz CT molecular complexity index is 1380. The van der Waals surface area contributed by atoms with Gasteiger partial charge in [0.15, 0.2) is 6.61 Å². The van der Waals surface area contributed by atoms with Crippen LogP contribution < -0.4 is 10.3 Å². The maximum absolute atomic E-state index is 13.2. The molecule has 184 valence electrons. The summed E-state index contributed by atoms with van der Waals surface area (Å²) in [7, 11) is 0. The van der Waals surface area contributed by atoms with Crippen molar-refractivity contribution in [2.75, 3.05) is 6.61 Å². The highest BCUT2D eigenvalue weighted by Crippen LogP contribution is 2.36. The minimum absolute atomic E-state index is 0.115. The third-order valence-electron chi connectivity index (χ3n) is 4.62. The Kier molecular flexibility index (Phi) is 8.39. The fourth-order valence-corrected chi connectivity index (χ4v) is 4.10. The van der Waals surface area contributed by atoms with Crippen LogP contribution in [-0.2, 0) is 9.53 Å². The van der Waals surface area contributed by atoms with Gasteiger partial charge in [0.25, 0.3) is 5.56 Å². The number of rotatable bonds is 8. The molecule has 0 aliphatic heterocycles. The molecule has 0 saturated carbocycles. The van der Waals surface area contributed by atoms with Crippen molar-refractivity contribution >= 4 is 60.6 Å². The van der Waals surface area contributed by atoms with E-state index >= 15 is 0 Å². The van der Waals surface area contributed by atoms with Gasteiger partial charge in [-0.2, -0.15) is 9.78 Å². The second-order valence-corrected chi connectivity index (χ2v) is 9.85. The normalized spacial score (nSPS) is 11.5. The molecule has 0 radical (unpaired) electrons. The summed E-state index contributed by atoms with van der Waals surface area (Å²) in [5.74, 6) is -0.443. The first kappa shape index (κ1) is 26.5. The van der Waals surface area contributed by atoms with Gasteiger partial charge in [-0.25, -0.2) is 9.78 Å². The van der Waals surface area contributed by atoms with E-state index in [0.29, 0.717) is 22.3 Å². The van der Waals surface area contributed by atoms with E-state index in [9.17, 15) is 19.7 Å². The monoisotopic (exact) mass is 608 g/mol. The summed E-state index contributed by atoms with van der Waals surface area (Å²) in [6.45, 7) is 6.65. The van der Waals surface area contributed by atoms with Gasteiger partial charge in [-0.05, 0) is 54.0 Å². The molecule has 0 unspecified atom stereocenters. The van der Waals surface area contributed by atoms with Crippen LogP contribution in [0, 0.1) is 10.1 Å². The molecule has 1 heterocycles. The molecule has 12 heteroatoms. The quantitative estimate of drug-likeness (QED) is 0.149. The van der Waals surface area contributed by atoms with Crippen LogP contribution in [0.1, 0.15) is 45.0 Å². The molecule has 0 bridgehead atoms. The smallest absolute Gasteiger partial charge is 0.344 e. The topological polar surface area (TPSA) is 126 Å². The molecule has 0 aliphatic rings. The zero-order valence-electron chi connectivity index (χ0n) is 19.3. The lowest BCUT2D eigenvalue weighted by Crippen LogP contribution is -2.23. The van der Waals surface area contributed by atoms with Crippen LogP contribution >= 0.6 is 31.9 Å². The highest BCUT2D eigenvalue weighted by Gasteiger charge is 2.22. The summed E-state index contributed by atoms with van der Waals surface area (Å²) in [5, 5.41) is 16.4. The van der Waals surface area contributed by atoms with E-state index in [1.54, 1.807) is 32.0 Å². The third kappa shape index (κ3) is 6.31. The second kappa shape index (κ2) is 11.1. The van der Waals surface area contributed by atoms with Crippen LogP contribution in [0.3, 0.4) is 0 Å². The predicted molar refractivity (Wildman–Crippen MR) is 138 cm³/mol. The number of carbonyl (C=O) groups is 1. The first-order valence-corrected chi connectivity index (χ1v) is 12.1. The molecule has 2 aromatic carbocycles. The number of carbonyl (C=O) groups excluding carboxylic acids is 1. The highest BCUT2D eigenvalue weighted by atomic mass is 79.9. The van der Waals surface area contributed by atoms with E-state index in [1.807, 2.05) is 13.8 Å². The molecule has 3 rings (SSSR count). The molecule has 1 aromatic heterocycles. The number of nitro groups is 1. The molecule has 0 saturated heterocycles. The molecule has 35 heavy (non-hydrogen) atoms. The minimum atomic E-state index is -0.650. The van der Waals surface area contributed by atoms with Gasteiger partial charge in [0.1, 0.15) is 5.82 Å². The largest absolute Gasteiger partial charge is 0.474 e. The lowest BCUT2D eigenvalue weighted by Gasteiger charge is -2.12. The van der Waals surface area contributed by atoms with Crippen molar-refractivity contribution < 1.29 is 19.2 Å². The fourth-order valence-electron chi connectivity index (χ4n) is 3.16. The van der Waals surface area contributed by atoms with E-state index in [-0.39, 0.29) is 33.5 Å². The summed E-state index contributed by atoms with van der Waals surface area (Å²) in [5.41, 5.74) is 0.129. The van der Waals surface area contributed by atoms with Crippen LogP contribution in [-0.4, -0.2) is 39.5 Å². The molecule has 0 N–H and O–H groups in total. The number of ether oxygens (including phenoxy) is 2. The Morgan fingerprint density at radius 1 is 1.23 bits per heavy atom. The number of nitrogens with zero attached hydrogens (tertiary/aromatic N) is 4. The Balaban J connectivity index is 2.02. The molecule has 0 aliphatic carbocycles. The van der Waals surface area contributed by atoms with E-state index in [1.165, 1.54) is 23.0 Å². The van der Waals surface area contributed by atoms with Gasteiger partial charge < -0.3 is 9.47 Å². The van der Waals surface area contributed by atoms with Crippen LogP contribution in [0.15, 0.2) is 49.2 Å². The third-order valence-corrected chi connectivity index (χ3v) is 5.70. The fraction of sp³-hybridized carbons (Fsp3) is 0.304. The van der Waals surface area contributed by atoms with Gasteiger partial charge in [-0.15, -0.1) is 0 Å². The van der Waals surface area contributed by atoms with Crippen LogP contribution in [0.2, 0.25) is 0 Å². The number of esters is 1. The van der Waals surface area contributed by atoms with Crippen molar-refractivity contribution in [3.63, 3.8) is 0 Å². The van der Waals surface area contributed by atoms with Gasteiger partial charge in [-0.1, -0.05) is 29.8 Å². The van der Waals surface area contributed by atoms with E-state index in [0.717, 1.165) is 4.47 Å². The average molecular weight is 610 g/mol. The van der Waals surface area contributed by atoms with Crippen LogP contribution in [0.4, 0.5) is 5.69 Å². The van der Waals surface area contributed by atoms with Crippen molar-refractivity contribution in [3.05, 3.63) is 71.1 Å². The van der Waals surface area contributed by atoms with Crippen molar-refractivity contribution in [1.29, 1.82) is 0 Å². The molecule has 0 amide bonds. The van der Waals surface area contributed by atoms with Crippen LogP contribution in [0.5, 0.6) is 5.75 Å². The van der Waals surface area contributed by atoms with E-state index < -0.39 is 17.5 Å². The molecular weight excluding hydrogens is 588 g/mol. The van der Waals surface area contributed by atoms with Crippen molar-refractivity contribution in [1.82, 2.24) is 9.66 Å². The SMILES string of the molecule is CC(C)OC(=O)COc1c(Br)cc(C=Nn2c(C(C)C)nc3ccc(Br)cc3c2=O)cc1[N+](=O)[O-]. The van der Waals surface area contributed by atoms with Gasteiger partial charge in [-0.3, -0.25) is 14.9 Å². The van der Waals surface area contributed by atoms with Crippen molar-refractivity contribution in [2.24, 2.45) is 5.10 Å². The van der Waals surface area contributed by atoms with Gasteiger partial charge in [0.2, 0.25) is 5.75 Å². The molecule has 0 fully saturated rings. The number of nitro benzene ring substituents is 1. The first-order chi connectivity index (χ1) is 16.5. The molecular formula is C23H22Br2N4O6. The maximum atomic E-state index is 13.2. The van der Waals surface area contributed by atoms with Gasteiger partial charge in [0.05, 0.1) is 32.6 Å². The average Bonchev–Trinajstić information content (AvgIpc) is 2.76. The van der Waals surface area contributed by atoms with Crippen molar-refractivity contribution in [3.8, 4) is 5.75 Å². The lowest BCUT2D eigenvalue weighted by molar-refractivity contribution is -0.385. The molecule has 3 aromatic rings. The highest BCUT2D eigenvalue weighted by molar-refractivity contribution is 9.10. The maximum Gasteiger partial charge on any atom is 0.344 e. The Hall–Kier alpha value is -3.12. The molecule has 0 spiro atoms. The summed E-state index contributed by atoms with van der Waals surface area (Å²) in [6, 6.07) is 7.98. The second-order valence-electron chi connectivity index (χ2n) is 8.08. The van der Waals surface area contributed by atoms with Gasteiger partial charge in [0, 0.05) is 22.0 Å². The summed E-state index contributed by atoms with van der Waals surface area (Å²) < 4.78 is 12.5. The Morgan fingerprint density at radius 3 is 2.57 bits per heavy atom. The number of halogens is 2. The number of benzene rings is 2. The zero-order valence-corrected chi connectivity index (χ0v) is 22.5. The Labute approximate surface area is 217 Å². The Morgan fingerprint density at radius 2 is 1.94 bits per heavy atom. The molecule has 10 nitrogen and oxygen atoms in total. The standard InChI is InChI=1S/C23H22Br2N4O6/c1-12(2)22-27-18-6-5-15(24)9-16(18)23(31)28(22)26-10-14-7-17(25)21(19(8-14)29(32)33)34-11-20(30)35-13(3)4/h5-10,12-13H,11H2,1-4H3. The lowest BCUT2D eigenvalue weighted by atomic mass is 10.2. The minimum Gasteiger partial charge on any atom is -0.474 e. The van der Waals surface area contributed by atoms with E-state index in [2.05, 4.69) is 41.9 Å². The van der Waals surface area contributed by atoms with Crippen LogP contribution in [0.25, 0.3) is 10.9 Å². The molecule has 0 atom stereocenters. The predicted octanol–water partition coefficient (Wildman–Crippen LogP) is 5.17. The first-order valence-electron chi connectivity index (χ1n) is 10.5. The van der Waals surface area contributed by atoms with E-state index in [4.69, 9.17) is 9.47 Å². The summed E-state index contributed by atoms with van der Waals surface area (Å²) in [4.78, 5) is 40.6. The van der Waals surface area contributed by atoms with Gasteiger partial charge >= 0.3 is 11.7 Å². The zero-order chi connectivity index (χ0) is 25.9. The number of hydrogen-bond donors (Lipinski definition) is 0. The van der Waals surface area contributed by atoms with Crippen molar-refractivity contribution in [2.45, 2.75) is 39.7 Å². The summed E-state index contributed by atoms with van der Waals surface area (Å²) in [6.07, 6.45) is 0.987. The number of fused-ring (bicyclic) bond motifs is 1. The number of hydrogen-bond acceptors (Lipinski definition) is 8.